The van der Waals surface area contributed by atoms with Crippen molar-refractivity contribution in [2.75, 3.05) is 38.0 Å². The molecule has 3 aromatic heterocycles. The number of aromatic nitrogens is 4. The second-order valence-electron chi connectivity index (χ2n) is 10.5. The number of imidazole rings is 2. The highest BCUT2D eigenvalue weighted by atomic mass is 32.1. The third-order valence-corrected chi connectivity index (χ3v) is 8.24. The van der Waals surface area contributed by atoms with Crippen molar-refractivity contribution in [3.63, 3.8) is 0 Å². The molecule has 0 spiro atoms. The summed E-state index contributed by atoms with van der Waals surface area (Å²) in [6.07, 6.45) is 7.89. The summed E-state index contributed by atoms with van der Waals surface area (Å²) in [5, 5.41) is 18.6. The lowest BCUT2D eigenvalue weighted by Gasteiger charge is -2.14. The predicted molar refractivity (Wildman–Crippen MR) is 178 cm³/mol. The van der Waals surface area contributed by atoms with Gasteiger partial charge in [-0.2, -0.15) is 10.5 Å². The van der Waals surface area contributed by atoms with Crippen molar-refractivity contribution < 1.29 is 0 Å². The number of benzene rings is 2. The molecule has 0 amide bonds. The van der Waals surface area contributed by atoms with Crippen LogP contribution in [-0.4, -0.2) is 47.3 Å². The Morgan fingerprint density at radius 3 is 1.63 bits per heavy atom. The molecule has 5 aromatic rings. The Hall–Kier alpha value is -5.38. The van der Waals surface area contributed by atoms with Gasteiger partial charge in [0.1, 0.15) is 23.8 Å². The summed E-state index contributed by atoms with van der Waals surface area (Å²) >= 11 is 1.63. The van der Waals surface area contributed by atoms with Gasteiger partial charge in [-0.3, -0.25) is 0 Å². The van der Waals surface area contributed by atoms with Gasteiger partial charge in [0.2, 0.25) is 0 Å². The molecule has 0 radical (unpaired) electrons. The maximum Gasteiger partial charge on any atom is 0.177 e. The first kappa shape index (κ1) is 29.1. The molecular weight excluding hydrogens is 552 g/mol. The van der Waals surface area contributed by atoms with Crippen LogP contribution in [0.2, 0.25) is 0 Å². The lowest BCUT2D eigenvalue weighted by molar-refractivity contribution is 0.882. The number of hydrogen-bond donors (Lipinski definition) is 0. The SMILES string of the molecule is CN(C)c1ccc(-c2nc(/C=C/c3ccc(/C=C/c4nc(C#N)c(C#N)n4C)s3)n(C)c2-c2ccc(N(C)C)cc2)cc1. The molecule has 214 valence electrons. The summed E-state index contributed by atoms with van der Waals surface area (Å²) in [6.45, 7) is 0. The lowest BCUT2D eigenvalue weighted by Crippen LogP contribution is -2.08. The van der Waals surface area contributed by atoms with Crippen LogP contribution in [0.25, 0.3) is 46.8 Å². The Morgan fingerprint density at radius 1 is 0.651 bits per heavy atom. The average Bonchev–Trinajstić information content (AvgIpc) is 3.69. The van der Waals surface area contributed by atoms with Gasteiger partial charge in [0, 0.05) is 74.5 Å². The summed E-state index contributed by atoms with van der Waals surface area (Å²) in [6, 6.07) is 25.2. The van der Waals surface area contributed by atoms with Gasteiger partial charge in [-0.05, 0) is 60.7 Å². The van der Waals surface area contributed by atoms with Crippen LogP contribution in [0.4, 0.5) is 11.4 Å². The van der Waals surface area contributed by atoms with Gasteiger partial charge < -0.3 is 18.9 Å². The third-order valence-electron chi connectivity index (χ3n) is 7.23. The van der Waals surface area contributed by atoms with Gasteiger partial charge in [-0.15, -0.1) is 11.3 Å². The van der Waals surface area contributed by atoms with E-state index in [1.165, 1.54) is 0 Å². The second-order valence-corrected chi connectivity index (χ2v) is 11.6. The minimum atomic E-state index is 0.135. The maximum atomic E-state index is 9.31. The number of thiophene rings is 1. The van der Waals surface area contributed by atoms with Crippen LogP contribution >= 0.6 is 11.3 Å². The normalized spacial score (nSPS) is 11.3. The van der Waals surface area contributed by atoms with Crippen molar-refractivity contribution in [1.82, 2.24) is 19.1 Å². The first-order chi connectivity index (χ1) is 20.7. The fourth-order valence-electron chi connectivity index (χ4n) is 4.76. The van der Waals surface area contributed by atoms with E-state index in [-0.39, 0.29) is 11.4 Å². The minimum absolute atomic E-state index is 0.135. The maximum absolute atomic E-state index is 9.31. The van der Waals surface area contributed by atoms with Crippen molar-refractivity contribution in [2.45, 2.75) is 0 Å². The first-order valence-corrected chi connectivity index (χ1v) is 14.5. The molecule has 0 saturated heterocycles. The molecule has 2 aromatic carbocycles. The molecule has 0 atom stereocenters. The summed E-state index contributed by atoms with van der Waals surface area (Å²) < 4.78 is 3.77. The molecule has 0 unspecified atom stereocenters. The number of hydrogen-bond acceptors (Lipinski definition) is 7. The molecule has 0 saturated carbocycles. The Balaban J connectivity index is 1.46. The van der Waals surface area contributed by atoms with Crippen molar-refractivity contribution in [2.24, 2.45) is 14.1 Å². The zero-order valence-corrected chi connectivity index (χ0v) is 25.9. The standard InChI is InChI=1S/C34H32N8S/c1-39(2)25-11-7-23(8-12-25)33-34(24-9-13-26(14-10-24)40(3)4)42(6)32(38-33)20-18-28-16-15-27(43-28)17-19-31-37-29(21-35)30(22-36)41(31)5/h7-20H,1-6H3/b19-17+,20-18+. The molecule has 0 aliphatic heterocycles. The fraction of sp³-hybridized carbons (Fsp3) is 0.176. The average molecular weight is 585 g/mol. The highest BCUT2D eigenvalue weighted by molar-refractivity contribution is 7.13. The van der Waals surface area contributed by atoms with Crippen molar-refractivity contribution in [3.8, 4) is 34.7 Å². The zero-order chi connectivity index (χ0) is 30.7. The molecule has 0 aliphatic carbocycles. The van der Waals surface area contributed by atoms with Gasteiger partial charge in [0.25, 0.3) is 0 Å². The van der Waals surface area contributed by atoms with Gasteiger partial charge in [-0.25, -0.2) is 9.97 Å². The quantitative estimate of drug-likeness (QED) is 0.200. The van der Waals surface area contributed by atoms with E-state index in [0.717, 1.165) is 49.5 Å². The van der Waals surface area contributed by atoms with Crippen molar-refractivity contribution in [1.29, 1.82) is 10.5 Å². The van der Waals surface area contributed by atoms with E-state index in [0.29, 0.717) is 5.82 Å². The summed E-state index contributed by atoms with van der Waals surface area (Å²) in [4.78, 5) is 15.7. The van der Waals surface area contributed by atoms with Crippen LogP contribution < -0.4 is 9.80 Å². The third kappa shape index (κ3) is 5.99. The molecular formula is C34H32N8S. The van der Waals surface area contributed by atoms with Crippen LogP contribution in [0.3, 0.4) is 0 Å². The second kappa shape index (κ2) is 12.2. The Labute approximate surface area is 256 Å². The monoisotopic (exact) mass is 584 g/mol. The highest BCUT2D eigenvalue weighted by Gasteiger charge is 2.18. The van der Waals surface area contributed by atoms with Gasteiger partial charge >= 0.3 is 0 Å². The zero-order valence-electron chi connectivity index (χ0n) is 25.1. The van der Waals surface area contributed by atoms with Crippen molar-refractivity contribution in [3.05, 3.63) is 93.5 Å². The number of anilines is 2. The van der Waals surface area contributed by atoms with Crippen LogP contribution in [0.1, 0.15) is 32.8 Å². The largest absolute Gasteiger partial charge is 0.378 e. The molecule has 8 nitrogen and oxygen atoms in total. The Morgan fingerprint density at radius 2 is 1.16 bits per heavy atom. The lowest BCUT2D eigenvalue weighted by atomic mass is 10.0. The summed E-state index contributed by atoms with van der Waals surface area (Å²) in [5.74, 6) is 1.41. The van der Waals surface area contributed by atoms with Gasteiger partial charge in [0.05, 0.1) is 11.4 Å². The molecule has 0 aliphatic rings. The van der Waals surface area contributed by atoms with E-state index < -0.39 is 0 Å². The molecule has 0 bridgehead atoms. The minimum Gasteiger partial charge on any atom is -0.378 e. The van der Waals surface area contributed by atoms with Crippen LogP contribution in [0.5, 0.6) is 0 Å². The van der Waals surface area contributed by atoms with E-state index in [9.17, 15) is 10.5 Å². The number of nitrogens with zero attached hydrogens (tertiary/aromatic N) is 8. The molecule has 3 heterocycles. The fourth-order valence-corrected chi connectivity index (χ4v) is 5.58. The Kier molecular flexibility index (Phi) is 8.29. The molecule has 0 N–H and O–H groups in total. The van der Waals surface area contributed by atoms with E-state index in [1.807, 2.05) is 64.6 Å². The summed E-state index contributed by atoms with van der Waals surface area (Å²) in [5.41, 5.74) is 6.82. The van der Waals surface area contributed by atoms with E-state index in [4.69, 9.17) is 4.98 Å². The van der Waals surface area contributed by atoms with Crippen molar-refractivity contribution >= 4 is 47.0 Å². The topological polar surface area (TPSA) is 89.7 Å². The van der Waals surface area contributed by atoms with Gasteiger partial charge in [0.15, 0.2) is 11.4 Å². The Bertz CT molecular complexity index is 1900. The van der Waals surface area contributed by atoms with Crippen LogP contribution in [0.15, 0.2) is 60.7 Å². The van der Waals surface area contributed by atoms with E-state index in [2.05, 4.69) is 87.1 Å². The predicted octanol–water partition coefficient (Wildman–Crippen LogP) is 6.77. The summed E-state index contributed by atoms with van der Waals surface area (Å²) in [7, 11) is 11.9. The molecule has 43 heavy (non-hydrogen) atoms. The van der Waals surface area contributed by atoms with E-state index in [1.54, 1.807) is 23.0 Å². The van der Waals surface area contributed by atoms with Gasteiger partial charge in [-0.1, -0.05) is 24.3 Å². The molecule has 0 fully saturated rings. The number of nitriles is 2. The molecule has 9 heteroatoms. The molecule has 5 rings (SSSR count). The highest BCUT2D eigenvalue weighted by Crippen LogP contribution is 2.34. The number of rotatable bonds is 8. The first-order valence-electron chi connectivity index (χ1n) is 13.6. The van der Waals surface area contributed by atoms with E-state index >= 15 is 0 Å². The smallest absolute Gasteiger partial charge is 0.177 e. The van der Waals surface area contributed by atoms with Crippen LogP contribution in [-0.2, 0) is 14.1 Å². The van der Waals surface area contributed by atoms with Crippen LogP contribution in [0, 0.1) is 22.7 Å².